The number of carbonyl (C=O) groups is 2. The van der Waals surface area contributed by atoms with Crippen LogP contribution in [-0.4, -0.2) is 32.5 Å². The predicted octanol–water partition coefficient (Wildman–Crippen LogP) is 3.14. The number of amides is 2. The van der Waals surface area contributed by atoms with Crippen LogP contribution in [0.2, 0.25) is 5.02 Å². The van der Waals surface area contributed by atoms with Gasteiger partial charge in [0, 0.05) is 40.4 Å². The quantitative estimate of drug-likeness (QED) is 0.402. The Kier molecular flexibility index (Phi) is 4.82. The monoisotopic (exact) mass is 440 g/mol. The van der Waals surface area contributed by atoms with Crippen LogP contribution in [0, 0.1) is 5.82 Å². The van der Waals surface area contributed by atoms with Gasteiger partial charge >= 0.3 is 0 Å². The lowest BCUT2D eigenvalue weighted by atomic mass is 10.1. The van der Waals surface area contributed by atoms with Crippen molar-refractivity contribution in [1.29, 1.82) is 0 Å². The minimum Gasteiger partial charge on any atom is -0.367 e. The standard InChI is InChI=1S/C21H18ClFN6O2/c22-14-1-4-16(23)12(6-14)9-24-17-8-18(26-15-2-3-15)29-20(27-17)13(10-25-29)5-11-7-19(30)28-21(11)31/h1,4-6,8,10,15,26H,2-3,7,9H2,(H,24,27)(H,28,30,31)/b11-5+. The van der Waals surface area contributed by atoms with Crippen LogP contribution in [0.5, 0.6) is 0 Å². The number of fused-ring (bicyclic) bond motifs is 1. The largest absolute Gasteiger partial charge is 0.367 e. The first-order chi connectivity index (χ1) is 15.0. The number of nitrogens with zero attached hydrogens (tertiary/aromatic N) is 3. The van der Waals surface area contributed by atoms with Crippen molar-refractivity contribution in [3.8, 4) is 0 Å². The molecule has 3 aromatic rings. The molecule has 1 aliphatic heterocycles. The van der Waals surface area contributed by atoms with Gasteiger partial charge in [0.2, 0.25) is 5.91 Å². The smallest absolute Gasteiger partial charge is 0.254 e. The summed E-state index contributed by atoms with van der Waals surface area (Å²) in [7, 11) is 0. The van der Waals surface area contributed by atoms with Gasteiger partial charge in [-0.25, -0.2) is 9.37 Å². The van der Waals surface area contributed by atoms with Crippen LogP contribution in [0.4, 0.5) is 16.0 Å². The second-order valence-electron chi connectivity index (χ2n) is 7.59. The zero-order valence-electron chi connectivity index (χ0n) is 16.3. The molecule has 0 unspecified atom stereocenters. The molecule has 1 aliphatic carbocycles. The topological polar surface area (TPSA) is 100 Å². The Morgan fingerprint density at radius 2 is 2.13 bits per heavy atom. The predicted molar refractivity (Wildman–Crippen MR) is 114 cm³/mol. The van der Waals surface area contributed by atoms with E-state index in [-0.39, 0.29) is 24.7 Å². The van der Waals surface area contributed by atoms with E-state index < -0.39 is 5.91 Å². The molecule has 3 heterocycles. The van der Waals surface area contributed by atoms with Gasteiger partial charge in [-0.15, -0.1) is 0 Å². The van der Waals surface area contributed by atoms with Crippen molar-refractivity contribution < 1.29 is 14.0 Å². The minimum absolute atomic E-state index is 0.0232. The number of benzene rings is 1. The summed E-state index contributed by atoms with van der Waals surface area (Å²) in [5, 5.41) is 13.7. The van der Waals surface area contributed by atoms with E-state index in [9.17, 15) is 14.0 Å². The van der Waals surface area contributed by atoms with Crippen LogP contribution in [0.1, 0.15) is 30.4 Å². The second kappa shape index (κ2) is 7.66. The fraction of sp³-hybridized carbons (Fsp3) is 0.238. The summed E-state index contributed by atoms with van der Waals surface area (Å²) in [6, 6.07) is 6.57. The van der Waals surface area contributed by atoms with Crippen LogP contribution < -0.4 is 16.0 Å². The Morgan fingerprint density at radius 3 is 2.87 bits per heavy atom. The van der Waals surface area contributed by atoms with E-state index in [0.717, 1.165) is 18.7 Å². The third kappa shape index (κ3) is 4.09. The van der Waals surface area contributed by atoms with Crippen LogP contribution in [0.25, 0.3) is 11.7 Å². The molecule has 2 amide bonds. The van der Waals surface area contributed by atoms with E-state index >= 15 is 0 Å². The first-order valence-electron chi connectivity index (χ1n) is 9.84. The van der Waals surface area contributed by atoms with Gasteiger partial charge in [-0.2, -0.15) is 9.61 Å². The Hall–Kier alpha value is -3.46. The fourth-order valence-corrected chi connectivity index (χ4v) is 3.58. The molecule has 1 saturated heterocycles. The van der Waals surface area contributed by atoms with Gasteiger partial charge in [-0.05, 0) is 37.1 Å². The summed E-state index contributed by atoms with van der Waals surface area (Å²) < 4.78 is 15.7. The molecule has 5 rings (SSSR count). The Balaban J connectivity index is 1.50. The van der Waals surface area contributed by atoms with Crippen LogP contribution in [-0.2, 0) is 16.1 Å². The summed E-state index contributed by atoms with van der Waals surface area (Å²) in [6.45, 7) is 0.194. The molecule has 3 N–H and O–H groups in total. The van der Waals surface area contributed by atoms with E-state index in [2.05, 4.69) is 26.0 Å². The maximum absolute atomic E-state index is 14.1. The normalized spacial score (nSPS) is 17.4. The number of carbonyl (C=O) groups excluding carboxylic acids is 2. The van der Waals surface area contributed by atoms with Gasteiger partial charge in [0.25, 0.3) is 5.91 Å². The summed E-state index contributed by atoms with van der Waals surface area (Å²) in [6.07, 6.45) is 5.39. The molecule has 2 fully saturated rings. The SMILES string of the molecule is O=C1C/C(=C\c2cnn3c(NC4CC4)cc(NCc4cc(Cl)ccc4F)nc23)C(=O)N1. The van der Waals surface area contributed by atoms with Gasteiger partial charge in [-0.1, -0.05) is 11.6 Å². The maximum Gasteiger partial charge on any atom is 0.254 e. The average Bonchev–Trinajstić information content (AvgIpc) is 3.37. The molecule has 1 aromatic carbocycles. The Labute approximate surface area is 181 Å². The number of aromatic nitrogens is 3. The van der Waals surface area contributed by atoms with Crippen LogP contribution in [0.3, 0.4) is 0 Å². The van der Waals surface area contributed by atoms with E-state index in [1.165, 1.54) is 12.1 Å². The van der Waals surface area contributed by atoms with Crippen molar-refractivity contribution >= 4 is 46.8 Å². The van der Waals surface area contributed by atoms with Crippen LogP contribution >= 0.6 is 11.6 Å². The van der Waals surface area contributed by atoms with Gasteiger partial charge in [0.15, 0.2) is 5.65 Å². The number of nitrogens with one attached hydrogen (secondary N) is 3. The van der Waals surface area contributed by atoms with Crippen molar-refractivity contribution in [2.45, 2.75) is 31.8 Å². The summed E-state index contributed by atoms with van der Waals surface area (Å²) >= 11 is 5.98. The fourth-order valence-electron chi connectivity index (χ4n) is 3.39. The van der Waals surface area contributed by atoms with E-state index in [1.807, 2.05) is 6.07 Å². The lowest BCUT2D eigenvalue weighted by Gasteiger charge is -2.12. The zero-order chi connectivity index (χ0) is 21.5. The third-order valence-electron chi connectivity index (χ3n) is 5.12. The summed E-state index contributed by atoms with van der Waals surface area (Å²) in [5.74, 6) is 0.148. The third-order valence-corrected chi connectivity index (χ3v) is 5.36. The molecule has 0 atom stereocenters. The molecular weight excluding hydrogens is 423 g/mol. The zero-order valence-corrected chi connectivity index (χ0v) is 17.0. The number of rotatable bonds is 6. The highest BCUT2D eigenvalue weighted by Crippen LogP contribution is 2.28. The molecule has 0 spiro atoms. The van der Waals surface area contributed by atoms with Gasteiger partial charge in [0.1, 0.15) is 17.5 Å². The molecule has 0 bridgehead atoms. The summed E-state index contributed by atoms with van der Waals surface area (Å²) in [5.41, 5.74) is 1.90. The summed E-state index contributed by atoms with van der Waals surface area (Å²) in [4.78, 5) is 28.0. The highest BCUT2D eigenvalue weighted by molar-refractivity contribution is 6.30. The molecule has 8 nitrogen and oxygen atoms in total. The number of hydrogen-bond acceptors (Lipinski definition) is 6. The number of anilines is 2. The van der Waals surface area contributed by atoms with Gasteiger partial charge in [-0.3, -0.25) is 14.9 Å². The first-order valence-corrected chi connectivity index (χ1v) is 10.2. The van der Waals surface area contributed by atoms with E-state index in [4.69, 9.17) is 11.6 Å². The number of imide groups is 1. The molecule has 10 heteroatoms. The molecule has 31 heavy (non-hydrogen) atoms. The molecule has 2 aliphatic rings. The second-order valence-corrected chi connectivity index (χ2v) is 8.03. The Morgan fingerprint density at radius 1 is 1.29 bits per heavy atom. The molecule has 158 valence electrons. The van der Waals surface area contributed by atoms with Crippen LogP contribution in [0.15, 0.2) is 36.0 Å². The van der Waals surface area contributed by atoms with Crippen molar-refractivity contribution in [3.63, 3.8) is 0 Å². The van der Waals surface area contributed by atoms with Crippen molar-refractivity contribution in [3.05, 3.63) is 58.0 Å². The van der Waals surface area contributed by atoms with Crippen molar-refractivity contribution in [2.24, 2.45) is 0 Å². The minimum atomic E-state index is -0.411. The van der Waals surface area contributed by atoms with Gasteiger partial charge < -0.3 is 10.6 Å². The Bertz CT molecular complexity index is 1250. The number of hydrogen-bond donors (Lipinski definition) is 3. The lowest BCUT2D eigenvalue weighted by Crippen LogP contribution is -2.19. The molecular formula is C21H18ClFN6O2. The van der Waals surface area contributed by atoms with E-state index in [1.54, 1.807) is 22.9 Å². The van der Waals surface area contributed by atoms with Gasteiger partial charge in [0.05, 0.1) is 12.6 Å². The average molecular weight is 441 g/mol. The molecule has 2 aromatic heterocycles. The lowest BCUT2D eigenvalue weighted by molar-refractivity contribution is -0.124. The first kappa shape index (κ1) is 19.5. The molecule has 1 saturated carbocycles. The van der Waals surface area contributed by atoms with Crippen molar-refractivity contribution in [2.75, 3.05) is 10.6 Å². The highest BCUT2D eigenvalue weighted by Gasteiger charge is 2.25. The van der Waals surface area contributed by atoms with E-state index in [0.29, 0.717) is 39.2 Å². The number of halogens is 2. The highest BCUT2D eigenvalue weighted by atomic mass is 35.5. The maximum atomic E-state index is 14.1. The molecule has 0 radical (unpaired) electrons. The van der Waals surface area contributed by atoms with Crippen molar-refractivity contribution in [1.82, 2.24) is 19.9 Å².